The molecule has 1 aliphatic heterocycles. The van der Waals surface area contributed by atoms with Crippen molar-refractivity contribution >= 4 is 13.0 Å². The Morgan fingerprint density at radius 3 is 2.59 bits per heavy atom. The van der Waals surface area contributed by atoms with E-state index in [-0.39, 0.29) is 5.91 Å². The third-order valence-electron chi connectivity index (χ3n) is 3.86. The monoisotopic (exact) mass is 240 g/mol. The molecule has 0 bridgehead atoms. The number of rotatable bonds is 4. The number of carbonyl (C=O) groups excluding carboxylic acids is 1. The summed E-state index contributed by atoms with van der Waals surface area (Å²) >= 11 is 0. The molecule has 1 saturated heterocycles. The van der Waals surface area contributed by atoms with Crippen molar-refractivity contribution in [1.82, 2.24) is 10.2 Å². The van der Waals surface area contributed by atoms with Crippen molar-refractivity contribution in [2.45, 2.75) is 50.5 Å². The first-order valence-electron chi connectivity index (χ1n) is 6.57. The highest BCUT2D eigenvalue weighted by molar-refractivity contribution is 6.43. The van der Waals surface area contributed by atoms with Crippen LogP contribution in [0.15, 0.2) is 0 Å². The lowest BCUT2D eigenvalue weighted by molar-refractivity contribution is -0.130. The molecule has 1 aliphatic carbocycles. The maximum atomic E-state index is 12.0. The average Bonchev–Trinajstić information content (AvgIpc) is 2.96. The third kappa shape index (κ3) is 3.21. The molecule has 2 fully saturated rings. The van der Waals surface area contributed by atoms with Crippen molar-refractivity contribution in [3.63, 3.8) is 0 Å². The Labute approximate surface area is 102 Å². The zero-order valence-corrected chi connectivity index (χ0v) is 10.1. The molecule has 5 nitrogen and oxygen atoms in total. The van der Waals surface area contributed by atoms with E-state index in [4.69, 9.17) is 0 Å². The molecule has 0 aromatic heterocycles. The molecule has 1 unspecified atom stereocenters. The first-order chi connectivity index (χ1) is 8.18. The smallest absolute Gasteiger partial charge is 0.426 e. The number of carbonyl (C=O) groups is 1. The van der Waals surface area contributed by atoms with Crippen molar-refractivity contribution in [1.29, 1.82) is 0 Å². The van der Waals surface area contributed by atoms with Crippen LogP contribution in [0.4, 0.5) is 0 Å². The topological polar surface area (TPSA) is 72.8 Å². The van der Waals surface area contributed by atoms with E-state index in [9.17, 15) is 14.8 Å². The highest BCUT2D eigenvalue weighted by atomic mass is 16.4. The van der Waals surface area contributed by atoms with Crippen LogP contribution in [-0.2, 0) is 4.79 Å². The lowest BCUT2D eigenvalue weighted by Gasteiger charge is -2.25. The summed E-state index contributed by atoms with van der Waals surface area (Å²) in [5.41, 5.74) is 0. The maximum absolute atomic E-state index is 12.0. The Kier molecular flexibility index (Phi) is 4.42. The summed E-state index contributed by atoms with van der Waals surface area (Å²) in [6, 6.07) is 0.471. The van der Waals surface area contributed by atoms with Gasteiger partial charge in [-0.2, -0.15) is 0 Å². The normalized spacial score (nSPS) is 25.5. The van der Waals surface area contributed by atoms with E-state index in [1.54, 1.807) is 4.90 Å². The predicted octanol–water partition coefficient (Wildman–Crippen LogP) is -0.478. The molecule has 17 heavy (non-hydrogen) atoms. The standard InChI is InChI=1S/C11H21BN2O3/c15-11(8-13-9-4-1-2-5-9)14-7-3-6-10(14)12(16)17/h9-10,13,16-17H,1-8H2. The Morgan fingerprint density at radius 2 is 1.94 bits per heavy atom. The van der Waals surface area contributed by atoms with E-state index in [0.717, 1.165) is 19.3 Å². The summed E-state index contributed by atoms with van der Waals surface area (Å²) in [7, 11) is -1.41. The minimum absolute atomic E-state index is 0.00694. The highest BCUT2D eigenvalue weighted by Crippen LogP contribution is 2.19. The van der Waals surface area contributed by atoms with Gasteiger partial charge in [-0.05, 0) is 25.7 Å². The number of amides is 1. The molecule has 1 saturated carbocycles. The first-order valence-corrected chi connectivity index (χ1v) is 6.57. The van der Waals surface area contributed by atoms with Crippen molar-refractivity contribution < 1.29 is 14.8 Å². The van der Waals surface area contributed by atoms with Crippen molar-refractivity contribution in [2.75, 3.05) is 13.1 Å². The molecule has 2 aliphatic rings. The van der Waals surface area contributed by atoms with Crippen LogP contribution in [0.2, 0.25) is 0 Å². The zero-order chi connectivity index (χ0) is 12.3. The van der Waals surface area contributed by atoms with Crippen molar-refractivity contribution in [2.24, 2.45) is 0 Å². The summed E-state index contributed by atoms with van der Waals surface area (Å²) in [5.74, 6) is -0.416. The summed E-state index contributed by atoms with van der Waals surface area (Å²) < 4.78 is 0. The number of nitrogens with zero attached hydrogens (tertiary/aromatic N) is 1. The second-order valence-electron chi connectivity index (χ2n) is 5.07. The fourth-order valence-electron chi connectivity index (χ4n) is 2.88. The van der Waals surface area contributed by atoms with Crippen LogP contribution in [0.25, 0.3) is 0 Å². The van der Waals surface area contributed by atoms with E-state index in [1.165, 1.54) is 12.8 Å². The van der Waals surface area contributed by atoms with E-state index in [0.29, 0.717) is 25.6 Å². The van der Waals surface area contributed by atoms with Crippen LogP contribution < -0.4 is 5.32 Å². The highest BCUT2D eigenvalue weighted by Gasteiger charge is 2.36. The van der Waals surface area contributed by atoms with Gasteiger partial charge in [0.15, 0.2) is 0 Å². The summed E-state index contributed by atoms with van der Waals surface area (Å²) in [6.07, 6.45) is 6.34. The quantitative estimate of drug-likeness (QED) is 0.580. The Hall–Kier alpha value is -0.585. The average molecular weight is 240 g/mol. The van der Waals surface area contributed by atoms with Crippen molar-refractivity contribution in [3.05, 3.63) is 0 Å². The van der Waals surface area contributed by atoms with Gasteiger partial charge in [0.2, 0.25) is 5.91 Å². The third-order valence-corrected chi connectivity index (χ3v) is 3.86. The second kappa shape index (κ2) is 5.84. The van der Waals surface area contributed by atoms with Crippen LogP contribution in [0.3, 0.4) is 0 Å². The minimum atomic E-state index is -1.41. The second-order valence-corrected chi connectivity index (χ2v) is 5.07. The summed E-state index contributed by atoms with van der Waals surface area (Å²) in [4.78, 5) is 13.6. The molecule has 0 aromatic rings. The number of hydrogen-bond donors (Lipinski definition) is 3. The lowest BCUT2D eigenvalue weighted by Crippen LogP contribution is -2.49. The first kappa shape index (κ1) is 12.9. The van der Waals surface area contributed by atoms with Gasteiger partial charge < -0.3 is 20.3 Å². The molecule has 6 heteroatoms. The molecule has 0 aromatic carbocycles. The van der Waals surface area contributed by atoms with E-state index >= 15 is 0 Å². The fraction of sp³-hybridized carbons (Fsp3) is 0.909. The van der Waals surface area contributed by atoms with Gasteiger partial charge in [0.1, 0.15) is 0 Å². The van der Waals surface area contributed by atoms with Crippen LogP contribution in [0, 0.1) is 0 Å². The predicted molar refractivity (Wildman–Crippen MR) is 65.2 cm³/mol. The summed E-state index contributed by atoms with van der Waals surface area (Å²) in [5, 5.41) is 21.6. The molecule has 2 rings (SSSR count). The van der Waals surface area contributed by atoms with Gasteiger partial charge in [-0.1, -0.05) is 12.8 Å². The van der Waals surface area contributed by atoms with Crippen LogP contribution in [0.5, 0.6) is 0 Å². The Bertz CT molecular complexity index is 269. The molecule has 0 spiro atoms. The van der Waals surface area contributed by atoms with Crippen LogP contribution >= 0.6 is 0 Å². The van der Waals surface area contributed by atoms with Crippen molar-refractivity contribution in [3.8, 4) is 0 Å². The van der Waals surface area contributed by atoms with E-state index < -0.39 is 13.1 Å². The number of nitrogens with one attached hydrogen (secondary N) is 1. The van der Waals surface area contributed by atoms with Crippen LogP contribution in [-0.4, -0.2) is 53.0 Å². The van der Waals surface area contributed by atoms with Gasteiger partial charge in [-0.15, -0.1) is 0 Å². The van der Waals surface area contributed by atoms with E-state index in [2.05, 4.69) is 5.32 Å². The number of hydrogen-bond acceptors (Lipinski definition) is 4. The molecule has 96 valence electrons. The Morgan fingerprint density at radius 1 is 1.24 bits per heavy atom. The van der Waals surface area contributed by atoms with Gasteiger partial charge in [-0.25, -0.2) is 0 Å². The van der Waals surface area contributed by atoms with Gasteiger partial charge in [0.25, 0.3) is 0 Å². The zero-order valence-electron chi connectivity index (χ0n) is 10.1. The maximum Gasteiger partial charge on any atom is 0.475 e. The minimum Gasteiger partial charge on any atom is -0.426 e. The molecule has 3 N–H and O–H groups in total. The molecule has 0 radical (unpaired) electrons. The van der Waals surface area contributed by atoms with Gasteiger partial charge in [0, 0.05) is 12.6 Å². The molecular weight excluding hydrogens is 219 g/mol. The van der Waals surface area contributed by atoms with Gasteiger partial charge in [-0.3, -0.25) is 4.79 Å². The van der Waals surface area contributed by atoms with Crippen LogP contribution in [0.1, 0.15) is 38.5 Å². The molecular formula is C11H21BN2O3. The number of likely N-dealkylation sites (tertiary alicyclic amines) is 1. The lowest BCUT2D eigenvalue weighted by atomic mass is 9.78. The van der Waals surface area contributed by atoms with Gasteiger partial charge >= 0.3 is 7.12 Å². The SMILES string of the molecule is O=C(CNC1CCCC1)N1CCCC1B(O)O. The molecule has 1 amide bonds. The fourth-order valence-corrected chi connectivity index (χ4v) is 2.88. The largest absolute Gasteiger partial charge is 0.475 e. The van der Waals surface area contributed by atoms with E-state index in [1.807, 2.05) is 0 Å². The molecule has 1 atom stereocenters. The Balaban J connectivity index is 1.78. The summed E-state index contributed by atoms with van der Waals surface area (Å²) in [6.45, 7) is 0.974. The molecule has 1 heterocycles. The van der Waals surface area contributed by atoms with Gasteiger partial charge in [0.05, 0.1) is 12.5 Å².